The Bertz CT molecular complexity index is 641. The number of carbonyl (C=O) groups excluding carboxylic acids is 1. The van der Waals surface area contributed by atoms with Gasteiger partial charge >= 0.3 is 11.8 Å². The summed E-state index contributed by atoms with van der Waals surface area (Å²) in [6.45, 7) is 0. The van der Waals surface area contributed by atoms with Crippen LogP contribution < -0.4 is 5.32 Å². The Kier molecular flexibility index (Phi) is 3.95. The molecule has 0 spiro atoms. The van der Waals surface area contributed by atoms with E-state index in [9.17, 15) is 14.9 Å². The third kappa shape index (κ3) is 2.74. The number of rotatable bonds is 3. The molecule has 0 saturated heterocycles. The number of methoxy groups -OCH3 is 1. The van der Waals surface area contributed by atoms with Crippen LogP contribution in [-0.4, -0.2) is 18.1 Å². The van der Waals surface area contributed by atoms with Crippen LogP contribution >= 0.6 is 0 Å². The van der Waals surface area contributed by atoms with Gasteiger partial charge in [0, 0.05) is 0 Å². The quantitative estimate of drug-likeness (QED) is 0.685. The number of nitro groups is 1. The average Bonchev–Trinajstić information content (AvgIpc) is 2.47. The van der Waals surface area contributed by atoms with Crippen molar-refractivity contribution < 1.29 is 14.5 Å². The van der Waals surface area contributed by atoms with Crippen molar-refractivity contribution >= 4 is 17.5 Å². The highest BCUT2D eigenvalue weighted by Crippen LogP contribution is 2.35. The smallest absolute Gasteiger partial charge is 0.411 e. The van der Waals surface area contributed by atoms with Crippen LogP contribution in [-0.2, 0) is 4.74 Å². The molecule has 0 atom stereocenters. The number of nitrogens with one attached hydrogen (secondary N) is 1. The zero-order chi connectivity index (χ0) is 14.5. The van der Waals surface area contributed by atoms with Crippen molar-refractivity contribution in [1.29, 1.82) is 0 Å². The molecule has 0 radical (unpaired) electrons. The van der Waals surface area contributed by atoms with Crippen molar-refractivity contribution in [2.24, 2.45) is 0 Å². The van der Waals surface area contributed by atoms with Gasteiger partial charge in [-0.2, -0.15) is 0 Å². The number of benzene rings is 2. The lowest BCUT2D eigenvalue weighted by Gasteiger charge is -2.08. The number of hydrogen-bond acceptors (Lipinski definition) is 4. The van der Waals surface area contributed by atoms with Gasteiger partial charge in [-0.15, -0.1) is 0 Å². The summed E-state index contributed by atoms with van der Waals surface area (Å²) >= 11 is 0. The summed E-state index contributed by atoms with van der Waals surface area (Å²) in [7, 11) is 1.20. The Morgan fingerprint density at radius 2 is 1.85 bits per heavy atom. The van der Waals surface area contributed by atoms with Crippen molar-refractivity contribution in [2.45, 2.75) is 0 Å². The molecule has 0 heterocycles. The molecule has 0 aliphatic heterocycles. The third-order valence-electron chi connectivity index (χ3n) is 2.73. The zero-order valence-corrected chi connectivity index (χ0v) is 10.7. The van der Waals surface area contributed by atoms with Gasteiger partial charge < -0.3 is 4.74 Å². The van der Waals surface area contributed by atoms with Gasteiger partial charge in [0.1, 0.15) is 5.69 Å². The van der Waals surface area contributed by atoms with Crippen LogP contribution in [0.15, 0.2) is 48.5 Å². The highest BCUT2D eigenvalue weighted by Gasteiger charge is 2.22. The van der Waals surface area contributed by atoms with Crippen LogP contribution in [0.4, 0.5) is 16.2 Å². The molecule has 1 amide bonds. The summed E-state index contributed by atoms with van der Waals surface area (Å²) in [6.07, 6.45) is -0.752. The fraction of sp³-hybridized carbons (Fsp3) is 0.0714. The fourth-order valence-corrected chi connectivity index (χ4v) is 1.85. The second-order valence-corrected chi connectivity index (χ2v) is 3.94. The van der Waals surface area contributed by atoms with E-state index in [1.165, 1.54) is 13.2 Å². The van der Waals surface area contributed by atoms with Crippen molar-refractivity contribution in [3.8, 4) is 11.1 Å². The SMILES string of the molecule is COC(=O)Nc1cccc(-c2ccccc2)c1[N+](=O)[O-]. The molecule has 2 aromatic carbocycles. The molecular weight excluding hydrogens is 260 g/mol. The number of anilines is 1. The summed E-state index contributed by atoms with van der Waals surface area (Å²) in [6, 6.07) is 13.7. The summed E-state index contributed by atoms with van der Waals surface area (Å²) in [5.74, 6) is 0. The number of hydrogen-bond donors (Lipinski definition) is 1. The Morgan fingerprint density at radius 3 is 2.45 bits per heavy atom. The van der Waals surface area contributed by atoms with Crippen LogP contribution in [0.25, 0.3) is 11.1 Å². The van der Waals surface area contributed by atoms with Gasteiger partial charge in [-0.1, -0.05) is 36.4 Å². The molecule has 2 rings (SSSR count). The van der Waals surface area contributed by atoms with Crippen molar-refractivity contribution in [3.63, 3.8) is 0 Å². The topological polar surface area (TPSA) is 81.5 Å². The number of para-hydroxylation sites is 1. The van der Waals surface area contributed by atoms with E-state index in [0.717, 1.165) is 0 Å². The lowest BCUT2D eigenvalue weighted by Crippen LogP contribution is -2.12. The minimum Gasteiger partial charge on any atom is -0.453 e. The average molecular weight is 272 g/mol. The van der Waals surface area contributed by atoms with E-state index < -0.39 is 11.0 Å². The van der Waals surface area contributed by atoms with E-state index in [2.05, 4.69) is 10.1 Å². The van der Waals surface area contributed by atoms with Crippen molar-refractivity contribution in [3.05, 3.63) is 58.6 Å². The molecule has 20 heavy (non-hydrogen) atoms. The molecule has 102 valence electrons. The van der Waals surface area contributed by atoms with Crippen LogP contribution in [0.3, 0.4) is 0 Å². The number of nitro benzene ring substituents is 1. The molecular formula is C14H12N2O4. The summed E-state index contributed by atoms with van der Waals surface area (Å²) in [4.78, 5) is 22.0. The predicted octanol–water partition coefficient (Wildman–Crippen LogP) is 3.44. The zero-order valence-electron chi connectivity index (χ0n) is 10.7. The van der Waals surface area contributed by atoms with E-state index in [-0.39, 0.29) is 11.4 Å². The molecule has 0 aromatic heterocycles. The second kappa shape index (κ2) is 5.83. The summed E-state index contributed by atoms with van der Waals surface area (Å²) in [5, 5.41) is 13.6. The monoisotopic (exact) mass is 272 g/mol. The number of ether oxygens (including phenoxy) is 1. The Labute approximate surface area is 115 Å². The maximum Gasteiger partial charge on any atom is 0.411 e. The van der Waals surface area contributed by atoms with E-state index in [1.807, 2.05) is 6.07 Å². The summed E-state index contributed by atoms with van der Waals surface area (Å²) < 4.78 is 4.46. The van der Waals surface area contributed by atoms with Crippen LogP contribution in [0, 0.1) is 10.1 Å². The Balaban J connectivity index is 2.56. The second-order valence-electron chi connectivity index (χ2n) is 3.94. The maximum absolute atomic E-state index is 11.3. The lowest BCUT2D eigenvalue weighted by molar-refractivity contribution is -0.383. The van der Waals surface area contributed by atoms with Crippen LogP contribution in [0.2, 0.25) is 0 Å². The highest BCUT2D eigenvalue weighted by molar-refractivity contribution is 5.92. The molecule has 0 aliphatic rings. The van der Waals surface area contributed by atoms with Gasteiger partial charge in [0.2, 0.25) is 0 Å². The molecule has 6 nitrogen and oxygen atoms in total. The molecule has 0 saturated carbocycles. The first-order valence-electron chi connectivity index (χ1n) is 5.81. The van der Waals surface area contributed by atoms with Gasteiger partial charge in [-0.05, 0) is 17.7 Å². The van der Waals surface area contributed by atoms with Gasteiger partial charge in [-0.3, -0.25) is 15.4 Å². The lowest BCUT2D eigenvalue weighted by atomic mass is 10.0. The maximum atomic E-state index is 11.3. The number of carbonyl (C=O) groups is 1. The number of amides is 1. The molecule has 1 N–H and O–H groups in total. The largest absolute Gasteiger partial charge is 0.453 e. The molecule has 0 aliphatic carbocycles. The van der Waals surface area contributed by atoms with Gasteiger partial charge in [-0.25, -0.2) is 4.79 Å². The molecule has 0 fully saturated rings. The fourth-order valence-electron chi connectivity index (χ4n) is 1.85. The van der Waals surface area contributed by atoms with Crippen molar-refractivity contribution in [1.82, 2.24) is 0 Å². The van der Waals surface area contributed by atoms with Gasteiger partial charge in [0.05, 0.1) is 17.6 Å². The van der Waals surface area contributed by atoms with Gasteiger partial charge in [0.15, 0.2) is 0 Å². The normalized spacial score (nSPS) is 9.85. The van der Waals surface area contributed by atoms with Crippen molar-refractivity contribution in [2.75, 3.05) is 12.4 Å². The standard InChI is InChI=1S/C14H12N2O4/c1-20-14(17)15-12-9-5-8-11(13(12)16(18)19)10-6-3-2-4-7-10/h2-9H,1H3,(H,15,17). The Morgan fingerprint density at radius 1 is 1.15 bits per heavy atom. The molecule has 6 heteroatoms. The molecule has 2 aromatic rings. The first kappa shape index (κ1) is 13.5. The van der Waals surface area contributed by atoms with E-state index >= 15 is 0 Å². The molecule has 0 unspecified atom stereocenters. The highest BCUT2D eigenvalue weighted by atomic mass is 16.6. The first-order chi connectivity index (χ1) is 9.63. The minimum absolute atomic E-state index is 0.100. The molecule has 0 bridgehead atoms. The van der Waals surface area contributed by atoms with Crippen LogP contribution in [0.5, 0.6) is 0 Å². The number of nitrogens with zero attached hydrogens (tertiary/aromatic N) is 1. The van der Waals surface area contributed by atoms with Crippen LogP contribution in [0.1, 0.15) is 0 Å². The Hall–Kier alpha value is -2.89. The van der Waals surface area contributed by atoms with E-state index in [0.29, 0.717) is 11.1 Å². The summed E-state index contributed by atoms with van der Waals surface area (Å²) in [5.41, 5.74) is 1.07. The predicted molar refractivity (Wildman–Crippen MR) is 74.6 cm³/mol. The third-order valence-corrected chi connectivity index (χ3v) is 2.73. The van der Waals surface area contributed by atoms with E-state index in [1.54, 1.807) is 36.4 Å². The first-order valence-corrected chi connectivity index (χ1v) is 5.81. The van der Waals surface area contributed by atoms with E-state index in [4.69, 9.17) is 0 Å². The van der Waals surface area contributed by atoms with Gasteiger partial charge in [0.25, 0.3) is 0 Å². The minimum atomic E-state index is -0.752.